The van der Waals surface area contributed by atoms with Gasteiger partial charge in [-0.3, -0.25) is 4.79 Å². The third-order valence-corrected chi connectivity index (χ3v) is 4.48. The lowest BCUT2D eigenvalue weighted by Gasteiger charge is -2.33. The minimum absolute atomic E-state index is 0.270. The van der Waals surface area contributed by atoms with Crippen LogP contribution in [0.3, 0.4) is 0 Å². The van der Waals surface area contributed by atoms with Gasteiger partial charge in [-0.2, -0.15) is 0 Å². The van der Waals surface area contributed by atoms with Gasteiger partial charge in [0.25, 0.3) is 0 Å². The second kappa shape index (κ2) is 7.56. The molecule has 0 saturated carbocycles. The first-order valence-corrected chi connectivity index (χ1v) is 8.79. The van der Waals surface area contributed by atoms with E-state index in [0.29, 0.717) is 18.3 Å². The van der Waals surface area contributed by atoms with Crippen LogP contribution in [-0.4, -0.2) is 33.9 Å². The van der Waals surface area contributed by atoms with Crippen molar-refractivity contribution < 1.29 is 4.79 Å². The zero-order valence-corrected chi connectivity index (χ0v) is 14.5. The van der Waals surface area contributed by atoms with E-state index in [1.807, 2.05) is 47.5 Å². The summed E-state index contributed by atoms with van der Waals surface area (Å²) >= 11 is 0. The van der Waals surface area contributed by atoms with Gasteiger partial charge in [0.15, 0.2) is 5.82 Å². The van der Waals surface area contributed by atoms with Crippen molar-refractivity contribution in [1.82, 2.24) is 14.9 Å². The first-order chi connectivity index (χ1) is 11.6. The maximum Gasteiger partial charge on any atom is 0.222 e. The van der Waals surface area contributed by atoms with Crippen LogP contribution in [0.15, 0.2) is 42.6 Å². The summed E-state index contributed by atoms with van der Waals surface area (Å²) in [5.74, 6) is 1.74. The Morgan fingerprint density at radius 1 is 1.25 bits per heavy atom. The molecular weight excluding hydrogens is 298 g/mol. The number of likely N-dealkylation sites (tertiary alicyclic amines) is 1. The Hall–Kier alpha value is -2.23. The first-order valence-electron chi connectivity index (χ1n) is 8.79. The highest BCUT2D eigenvalue weighted by molar-refractivity contribution is 5.76. The van der Waals surface area contributed by atoms with Gasteiger partial charge in [0.1, 0.15) is 0 Å². The Bertz CT molecular complexity index is 684. The monoisotopic (exact) mass is 323 g/mol. The summed E-state index contributed by atoms with van der Waals surface area (Å²) in [7, 11) is 0. The number of amides is 1. The number of carbonyl (C=O) groups is 1. The third kappa shape index (κ3) is 3.99. The molecule has 4 heteroatoms. The fraction of sp³-hybridized carbons (Fsp3) is 0.450. The molecule has 1 aromatic carbocycles. The van der Waals surface area contributed by atoms with E-state index in [9.17, 15) is 4.79 Å². The van der Waals surface area contributed by atoms with Gasteiger partial charge in [-0.05, 0) is 24.8 Å². The van der Waals surface area contributed by atoms with Gasteiger partial charge in [0, 0.05) is 42.9 Å². The molecule has 1 unspecified atom stereocenters. The Morgan fingerprint density at radius 2 is 2.04 bits per heavy atom. The lowest BCUT2D eigenvalue weighted by molar-refractivity contribution is -0.133. The smallest absolute Gasteiger partial charge is 0.222 e. The molecule has 1 atom stereocenters. The van der Waals surface area contributed by atoms with E-state index in [-0.39, 0.29) is 5.91 Å². The Labute approximate surface area is 143 Å². The van der Waals surface area contributed by atoms with Gasteiger partial charge < -0.3 is 4.90 Å². The number of aromatic nitrogens is 2. The van der Waals surface area contributed by atoms with E-state index in [2.05, 4.69) is 18.8 Å². The lowest BCUT2D eigenvalue weighted by atomic mass is 9.93. The topological polar surface area (TPSA) is 46.1 Å². The number of rotatable bonds is 4. The number of carbonyl (C=O) groups excluding carboxylic acids is 1. The standard InChI is InChI=1S/C20H25N3O/c1-15(2)13-19(24)23-12-6-9-17(14-23)18-10-11-21-20(22-18)16-7-4-3-5-8-16/h3-5,7-8,10-11,15,17H,6,9,12-14H2,1-2H3. The number of hydrogen-bond acceptors (Lipinski definition) is 3. The van der Waals surface area contributed by atoms with E-state index in [4.69, 9.17) is 4.98 Å². The summed E-state index contributed by atoms with van der Waals surface area (Å²) < 4.78 is 0. The van der Waals surface area contributed by atoms with E-state index >= 15 is 0 Å². The average molecular weight is 323 g/mol. The highest BCUT2D eigenvalue weighted by Gasteiger charge is 2.26. The molecule has 1 amide bonds. The summed E-state index contributed by atoms with van der Waals surface area (Å²) in [6.45, 7) is 5.83. The fourth-order valence-electron chi connectivity index (χ4n) is 3.25. The van der Waals surface area contributed by atoms with E-state index < -0.39 is 0 Å². The van der Waals surface area contributed by atoms with E-state index in [0.717, 1.165) is 43.0 Å². The van der Waals surface area contributed by atoms with Crippen LogP contribution >= 0.6 is 0 Å². The third-order valence-electron chi connectivity index (χ3n) is 4.48. The van der Waals surface area contributed by atoms with Crippen LogP contribution in [0.1, 0.15) is 44.7 Å². The quantitative estimate of drug-likeness (QED) is 0.857. The molecule has 0 bridgehead atoms. The number of piperidine rings is 1. The molecule has 126 valence electrons. The molecule has 1 aromatic heterocycles. The summed E-state index contributed by atoms with van der Waals surface area (Å²) in [6.07, 6.45) is 4.58. The Morgan fingerprint density at radius 3 is 2.79 bits per heavy atom. The summed E-state index contributed by atoms with van der Waals surface area (Å²) in [6, 6.07) is 12.0. The first kappa shape index (κ1) is 16.6. The second-order valence-electron chi connectivity index (χ2n) is 6.95. The minimum Gasteiger partial charge on any atom is -0.342 e. The van der Waals surface area contributed by atoms with Crippen LogP contribution < -0.4 is 0 Å². The number of benzene rings is 1. The lowest BCUT2D eigenvalue weighted by Crippen LogP contribution is -2.39. The van der Waals surface area contributed by atoms with Gasteiger partial charge in [-0.15, -0.1) is 0 Å². The highest BCUT2D eigenvalue weighted by atomic mass is 16.2. The van der Waals surface area contributed by atoms with Crippen molar-refractivity contribution in [2.24, 2.45) is 5.92 Å². The van der Waals surface area contributed by atoms with Gasteiger partial charge in [-0.1, -0.05) is 44.2 Å². The van der Waals surface area contributed by atoms with Crippen LogP contribution in [0.4, 0.5) is 0 Å². The molecule has 3 rings (SSSR count). The second-order valence-corrected chi connectivity index (χ2v) is 6.95. The largest absolute Gasteiger partial charge is 0.342 e. The van der Waals surface area contributed by atoms with Crippen LogP contribution in [0.25, 0.3) is 11.4 Å². The zero-order valence-electron chi connectivity index (χ0n) is 14.5. The minimum atomic E-state index is 0.270. The maximum absolute atomic E-state index is 12.4. The predicted octanol–water partition coefficient (Wildman–Crippen LogP) is 3.90. The van der Waals surface area contributed by atoms with Crippen LogP contribution in [0, 0.1) is 5.92 Å². The molecule has 2 heterocycles. The highest BCUT2D eigenvalue weighted by Crippen LogP contribution is 2.27. The Balaban J connectivity index is 1.75. The van der Waals surface area contributed by atoms with Gasteiger partial charge in [-0.25, -0.2) is 9.97 Å². The normalized spacial score (nSPS) is 18.0. The summed E-state index contributed by atoms with van der Waals surface area (Å²) in [5.41, 5.74) is 2.08. The molecule has 1 aliphatic rings. The van der Waals surface area contributed by atoms with Gasteiger partial charge in [0.05, 0.1) is 0 Å². The molecule has 1 fully saturated rings. The summed E-state index contributed by atoms with van der Waals surface area (Å²) in [5, 5.41) is 0. The van der Waals surface area contributed by atoms with Crippen molar-refractivity contribution in [3.05, 3.63) is 48.3 Å². The van der Waals surface area contributed by atoms with Gasteiger partial charge in [0.2, 0.25) is 5.91 Å². The number of nitrogens with zero attached hydrogens (tertiary/aromatic N) is 3. The Kier molecular flexibility index (Phi) is 5.24. The molecule has 0 N–H and O–H groups in total. The molecule has 0 aliphatic carbocycles. The van der Waals surface area contributed by atoms with Crippen molar-refractivity contribution in [3.8, 4) is 11.4 Å². The zero-order chi connectivity index (χ0) is 16.9. The molecule has 24 heavy (non-hydrogen) atoms. The molecule has 1 aliphatic heterocycles. The van der Waals surface area contributed by atoms with Crippen molar-refractivity contribution >= 4 is 5.91 Å². The fourth-order valence-corrected chi connectivity index (χ4v) is 3.25. The summed E-state index contributed by atoms with van der Waals surface area (Å²) in [4.78, 5) is 23.6. The van der Waals surface area contributed by atoms with Crippen LogP contribution in [-0.2, 0) is 4.79 Å². The SMILES string of the molecule is CC(C)CC(=O)N1CCCC(c2ccnc(-c3ccccc3)n2)C1. The average Bonchev–Trinajstić information content (AvgIpc) is 2.62. The van der Waals surface area contributed by atoms with Crippen molar-refractivity contribution in [1.29, 1.82) is 0 Å². The maximum atomic E-state index is 12.4. The molecule has 0 spiro atoms. The van der Waals surface area contributed by atoms with Crippen molar-refractivity contribution in [2.45, 2.75) is 39.0 Å². The van der Waals surface area contributed by atoms with Gasteiger partial charge >= 0.3 is 0 Å². The predicted molar refractivity (Wildman–Crippen MR) is 95.5 cm³/mol. The van der Waals surface area contributed by atoms with Crippen LogP contribution in [0.2, 0.25) is 0 Å². The van der Waals surface area contributed by atoms with E-state index in [1.165, 1.54) is 0 Å². The molecule has 4 nitrogen and oxygen atoms in total. The molecule has 2 aromatic rings. The molecule has 1 saturated heterocycles. The molecular formula is C20H25N3O. The van der Waals surface area contributed by atoms with Crippen molar-refractivity contribution in [2.75, 3.05) is 13.1 Å². The van der Waals surface area contributed by atoms with Crippen LogP contribution in [0.5, 0.6) is 0 Å². The van der Waals surface area contributed by atoms with E-state index in [1.54, 1.807) is 0 Å². The number of hydrogen-bond donors (Lipinski definition) is 0. The van der Waals surface area contributed by atoms with Crippen molar-refractivity contribution in [3.63, 3.8) is 0 Å². The molecule has 0 radical (unpaired) electrons.